The van der Waals surface area contributed by atoms with Gasteiger partial charge in [-0.05, 0) is 49.4 Å². The number of rotatable bonds is 5. The van der Waals surface area contributed by atoms with E-state index in [1.165, 1.54) is 0 Å². The third-order valence-corrected chi connectivity index (χ3v) is 4.09. The van der Waals surface area contributed by atoms with Crippen molar-refractivity contribution in [3.05, 3.63) is 22.6 Å². The van der Waals surface area contributed by atoms with Crippen molar-refractivity contribution >= 4 is 15.9 Å². The SMILES string of the molecule is CCC(C)(C(NN)c1occc1Br)N(C)C. The maximum absolute atomic E-state index is 5.67. The number of halogens is 1. The molecule has 0 amide bonds. The highest BCUT2D eigenvalue weighted by Gasteiger charge is 2.38. The van der Waals surface area contributed by atoms with Crippen molar-refractivity contribution in [2.75, 3.05) is 14.1 Å². The average molecular weight is 290 g/mol. The summed E-state index contributed by atoms with van der Waals surface area (Å²) in [6.07, 6.45) is 2.62. The predicted molar refractivity (Wildman–Crippen MR) is 68.9 cm³/mol. The number of nitrogens with one attached hydrogen (secondary N) is 1. The molecule has 5 heteroatoms. The first-order valence-electron chi connectivity index (χ1n) is 5.33. The van der Waals surface area contributed by atoms with Crippen molar-refractivity contribution in [1.29, 1.82) is 0 Å². The molecular weight excluding hydrogens is 270 g/mol. The van der Waals surface area contributed by atoms with E-state index in [9.17, 15) is 0 Å². The molecule has 0 saturated carbocycles. The Balaban J connectivity index is 3.11. The lowest BCUT2D eigenvalue weighted by atomic mass is 9.87. The van der Waals surface area contributed by atoms with Gasteiger partial charge in [0.1, 0.15) is 5.76 Å². The quantitative estimate of drug-likeness (QED) is 0.645. The van der Waals surface area contributed by atoms with Crippen LogP contribution in [0.1, 0.15) is 32.1 Å². The Kier molecular flexibility index (Phi) is 4.55. The third kappa shape index (κ3) is 2.32. The van der Waals surface area contributed by atoms with Crippen molar-refractivity contribution < 1.29 is 4.42 Å². The molecule has 92 valence electrons. The molecule has 0 aromatic carbocycles. The second-order valence-corrected chi connectivity index (χ2v) is 5.19. The van der Waals surface area contributed by atoms with E-state index in [0.29, 0.717) is 0 Å². The summed E-state index contributed by atoms with van der Waals surface area (Å²) < 4.78 is 6.44. The summed E-state index contributed by atoms with van der Waals surface area (Å²) in [6.45, 7) is 4.30. The van der Waals surface area contributed by atoms with Gasteiger partial charge in [-0.1, -0.05) is 6.92 Å². The molecule has 2 unspecified atom stereocenters. The Morgan fingerprint density at radius 1 is 1.62 bits per heavy atom. The van der Waals surface area contributed by atoms with Crippen LogP contribution in [0.5, 0.6) is 0 Å². The lowest BCUT2D eigenvalue weighted by Gasteiger charge is -2.41. The normalized spacial score (nSPS) is 17.4. The largest absolute Gasteiger partial charge is 0.466 e. The van der Waals surface area contributed by atoms with E-state index in [-0.39, 0.29) is 11.6 Å². The molecule has 0 saturated heterocycles. The van der Waals surface area contributed by atoms with Crippen molar-refractivity contribution in [2.24, 2.45) is 5.84 Å². The molecule has 0 aliphatic heterocycles. The van der Waals surface area contributed by atoms with E-state index in [4.69, 9.17) is 10.3 Å². The van der Waals surface area contributed by atoms with Crippen molar-refractivity contribution in [1.82, 2.24) is 10.3 Å². The van der Waals surface area contributed by atoms with E-state index < -0.39 is 0 Å². The number of nitrogens with zero attached hydrogens (tertiary/aromatic N) is 1. The van der Waals surface area contributed by atoms with Crippen LogP contribution in [0.2, 0.25) is 0 Å². The summed E-state index contributed by atoms with van der Waals surface area (Å²) in [5.74, 6) is 6.51. The second-order valence-electron chi connectivity index (χ2n) is 4.34. The fraction of sp³-hybridized carbons (Fsp3) is 0.636. The van der Waals surface area contributed by atoms with Crippen LogP contribution in [0.25, 0.3) is 0 Å². The number of nitrogens with two attached hydrogens (primary N) is 1. The lowest BCUT2D eigenvalue weighted by molar-refractivity contribution is 0.101. The van der Waals surface area contributed by atoms with Crippen LogP contribution in [-0.2, 0) is 0 Å². The van der Waals surface area contributed by atoms with Crippen LogP contribution in [-0.4, -0.2) is 24.5 Å². The first kappa shape index (κ1) is 13.7. The lowest BCUT2D eigenvalue weighted by Crippen LogP contribution is -2.52. The van der Waals surface area contributed by atoms with Gasteiger partial charge in [-0.3, -0.25) is 5.84 Å². The van der Waals surface area contributed by atoms with E-state index in [1.54, 1.807) is 6.26 Å². The Labute approximate surface area is 105 Å². The van der Waals surface area contributed by atoms with Gasteiger partial charge in [-0.25, -0.2) is 5.43 Å². The second kappa shape index (κ2) is 5.31. The molecule has 1 rings (SSSR count). The minimum absolute atomic E-state index is 0.0584. The van der Waals surface area contributed by atoms with Gasteiger partial charge in [-0.2, -0.15) is 0 Å². The number of hydrazine groups is 1. The molecule has 2 atom stereocenters. The van der Waals surface area contributed by atoms with Crippen molar-refractivity contribution in [3.8, 4) is 0 Å². The molecule has 1 aromatic heterocycles. The van der Waals surface area contributed by atoms with Gasteiger partial charge >= 0.3 is 0 Å². The van der Waals surface area contributed by atoms with Gasteiger partial charge in [0.15, 0.2) is 0 Å². The molecule has 0 bridgehead atoms. The minimum Gasteiger partial charge on any atom is -0.466 e. The molecule has 0 aliphatic carbocycles. The van der Waals surface area contributed by atoms with E-state index in [2.05, 4.69) is 40.1 Å². The first-order chi connectivity index (χ1) is 7.47. The van der Waals surface area contributed by atoms with E-state index in [1.807, 2.05) is 20.2 Å². The fourth-order valence-electron chi connectivity index (χ4n) is 1.83. The molecule has 0 spiro atoms. The van der Waals surface area contributed by atoms with Crippen molar-refractivity contribution in [2.45, 2.75) is 31.8 Å². The van der Waals surface area contributed by atoms with Crippen LogP contribution in [0.4, 0.5) is 0 Å². The average Bonchev–Trinajstić information content (AvgIpc) is 2.65. The zero-order chi connectivity index (χ0) is 12.3. The topological polar surface area (TPSA) is 54.4 Å². The van der Waals surface area contributed by atoms with Gasteiger partial charge < -0.3 is 9.32 Å². The van der Waals surface area contributed by atoms with Gasteiger partial charge in [0, 0.05) is 5.54 Å². The summed E-state index contributed by atoms with van der Waals surface area (Å²) in [5.41, 5.74) is 2.75. The molecule has 0 fully saturated rings. The molecular formula is C11H20BrN3O. The van der Waals surface area contributed by atoms with Crippen molar-refractivity contribution in [3.63, 3.8) is 0 Å². The third-order valence-electron chi connectivity index (χ3n) is 3.43. The molecule has 1 heterocycles. The number of likely N-dealkylation sites (N-methyl/N-ethyl adjacent to an activating group) is 1. The molecule has 1 aromatic rings. The molecule has 4 nitrogen and oxygen atoms in total. The van der Waals surface area contributed by atoms with E-state index >= 15 is 0 Å². The summed E-state index contributed by atoms with van der Waals surface area (Å²) in [7, 11) is 4.09. The van der Waals surface area contributed by atoms with Crippen LogP contribution in [0.3, 0.4) is 0 Å². The summed E-state index contributed by atoms with van der Waals surface area (Å²) in [5, 5.41) is 0. The van der Waals surface area contributed by atoms with E-state index in [0.717, 1.165) is 16.7 Å². The Hall–Kier alpha value is -0.360. The molecule has 0 radical (unpaired) electrons. The first-order valence-corrected chi connectivity index (χ1v) is 6.13. The van der Waals surface area contributed by atoms with Gasteiger partial charge in [-0.15, -0.1) is 0 Å². The zero-order valence-electron chi connectivity index (χ0n) is 10.2. The van der Waals surface area contributed by atoms with Crippen LogP contribution in [0.15, 0.2) is 21.2 Å². The smallest absolute Gasteiger partial charge is 0.138 e. The summed E-state index contributed by atoms with van der Waals surface area (Å²) in [4.78, 5) is 2.16. The predicted octanol–water partition coefficient (Wildman–Crippen LogP) is 2.28. The highest BCUT2D eigenvalue weighted by Crippen LogP contribution is 2.36. The Bertz CT molecular complexity index is 340. The van der Waals surface area contributed by atoms with Crippen LogP contribution >= 0.6 is 15.9 Å². The fourth-order valence-corrected chi connectivity index (χ4v) is 2.26. The highest BCUT2D eigenvalue weighted by molar-refractivity contribution is 9.10. The summed E-state index contributed by atoms with van der Waals surface area (Å²) >= 11 is 3.47. The minimum atomic E-state index is -0.102. The number of hydrogen-bond acceptors (Lipinski definition) is 4. The maximum Gasteiger partial charge on any atom is 0.138 e. The highest BCUT2D eigenvalue weighted by atomic mass is 79.9. The molecule has 16 heavy (non-hydrogen) atoms. The van der Waals surface area contributed by atoms with Crippen LogP contribution < -0.4 is 11.3 Å². The Morgan fingerprint density at radius 3 is 2.56 bits per heavy atom. The molecule has 3 N–H and O–H groups in total. The zero-order valence-corrected chi connectivity index (χ0v) is 11.8. The van der Waals surface area contributed by atoms with Crippen LogP contribution in [0, 0.1) is 0 Å². The number of hydrogen-bond donors (Lipinski definition) is 2. The number of furan rings is 1. The monoisotopic (exact) mass is 289 g/mol. The van der Waals surface area contributed by atoms with Gasteiger partial charge in [0.05, 0.1) is 16.8 Å². The maximum atomic E-state index is 5.67. The summed E-state index contributed by atoms with van der Waals surface area (Å²) in [6, 6.07) is 1.82. The standard InChI is InChI=1S/C11H20BrN3O/c1-5-11(2,15(3)4)10(14-13)9-8(12)6-7-16-9/h6-7,10,14H,5,13H2,1-4H3. The van der Waals surface area contributed by atoms with Gasteiger partial charge in [0.2, 0.25) is 0 Å². The molecule has 0 aliphatic rings. The van der Waals surface area contributed by atoms with Gasteiger partial charge in [0.25, 0.3) is 0 Å². The Morgan fingerprint density at radius 2 is 2.25 bits per heavy atom.